The molecule has 48 fully saturated rings. The Balaban J connectivity index is 0.0000000653. The first-order valence-electron chi connectivity index (χ1n) is 53.1. The Morgan fingerprint density at radius 2 is 0.704 bits per heavy atom. The molecule has 0 aromatic carbocycles. The average molecular weight is 1710 g/mol. The standard InChI is InChI=1S/C14H16N2O2.C14H19NO.C14H21N.C13H16N4.C13H19NO2S.C13H19N.C13H15N.C12H17N.CH4/c1-4(2)3-13-5-8-6(13)10-7(13)9(5)14(8,10)11-15-12(17)18-16-11;1-5(2)4-13-7-10-8(13)12-9(13)11(7)14(10,12)15-6(3)16;1-6(2)5-13-7-10-8(13)12-9(13)11(7)14(10,12)15(3)4;1-4(2)3-12-5-8-6(12)10-7(12)9(5)13(8,10)11-14-16-17-15-11;1-5(2)4-12-6-9-7(12)11-8(12)10(6)13(9,11)14-17(3,15)16;1-5(2)4-12-6-9-7(12)11-8(12)10(6)13(9,11)14-3;1-5(2)3-12-6-9-7(12)11-8(12)10(6)13(9,11)4-14;1-4(2)3-11-5-8-6(11)10-7(11)9(5)12(8,10)13;/h4-10H,3H2,1-2H3,(H,15,16,17);5,7-12H,4H2,1-3H3,(H,15,16);6-12H,5H2,1-4H3;4-10H,3H2,1-2H3,(H,14,15,16,17);5-11,14H,4H2,1-3H3;5-11,14H,4H2,1-3H3;5-11H,3H2,1-2H3;4-10H,3,13H2,1-2H3;1H4. The Morgan fingerprint density at radius 1 is 0.432 bits per heavy atom. The molecule has 0 saturated heterocycles. The second kappa shape index (κ2) is 19.1. The lowest BCUT2D eigenvalue weighted by atomic mass is 8.92. The van der Waals surface area contributed by atoms with Gasteiger partial charge in [0, 0.05) is 39.9 Å². The lowest BCUT2D eigenvalue weighted by Crippen LogP contribution is -3.15. The van der Waals surface area contributed by atoms with Crippen LogP contribution in [0.3, 0.4) is 0 Å². The number of tetrazole rings is 1. The third kappa shape index (κ3) is 5.28. The number of aromatic nitrogens is 6. The number of sulfonamides is 1. The highest BCUT2D eigenvalue weighted by Crippen LogP contribution is 3.16. The molecule has 0 radical (unpaired) electrons. The topological polar surface area (TPSA) is 254 Å². The van der Waals surface area contributed by atoms with Gasteiger partial charge in [-0.1, -0.05) is 129 Å². The second-order valence-corrected chi connectivity index (χ2v) is 60.6. The lowest BCUT2D eigenvalue weighted by molar-refractivity contribution is -0.644. The highest BCUT2D eigenvalue weighted by molar-refractivity contribution is 7.88. The van der Waals surface area contributed by atoms with Crippen molar-refractivity contribution in [1.29, 1.82) is 5.26 Å². The summed E-state index contributed by atoms with van der Waals surface area (Å²) >= 11 is 0. The zero-order valence-corrected chi connectivity index (χ0v) is 78.5. The lowest BCUT2D eigenvalue weighted by Gasteiger charge is -3.12. The largest absolute Gasteiger partial charge is 0.438 e. The van der Waals surface area contributed by atoms with Crippen molar-refractivity contribution in [2.24, 2.45) is 386 Å². The Morgan fingerprint density at radius 3 is 0.952 bits per heavy atom. The van der Waals surface area contributed by atoms with Gasteiger partial charge >= 0.3 is 5.76 Å². The van der Waals surface area contributed by atoms with Gasteiger partial charge in [0.2, 0.25) is 15.9 Å². The number of rotatable bonds is 23. The number of hydrogen-bond acceptors (Lipinski definition) is 13. The van der Waals surface area contributed by atoms with Gasteiger partial charge in [-0.3, -0.25) is 14.3 Å². The molecule has 2 aromatic heterocycles. The zero-order chi connectivity index (χ0) is 84.2. The van der Waals surface area contributed by atoms with E-state index >= 15 is 0 Å². The van der Waals surface area contributed by atoms with Crippen molar-refractivity contribution in [3.63, 3.8) is 0 Å². The fourth-order valence-corrected chi connectivity index (χ4v) is 60.4. The Hall–Kier alpha value is -3.24. The molecule has 2 aromatic rings. The van der Waals surface area contributed by atoms with Crippen molar-refractivity contribution in [2.45, 2.75) is 215 Å². The molecule has 7 N–H and O–H groups in total. The molecule has 0 spiro atoms. The third-order valence-electron chi connectivity index (χ3n) is 56.6. The maximum Gasteiger partial charge on any atom is 0.438 e. The summed E-state index contributed by atoms with van der Waals surface area (Å²) in [6, 6.07) is 2.66. The predicted molar refractivity (Wildman–Crippen MR) is 464 cm³/mol. The van der Waals surface area contributed by atoms with Crippen LogP contribution in [0.5, 0.6) is 0 Å². The highest BCUT2D eigenvalue weighted by Gasteiger charge is 3.16. The number of H-pyrrole nitrogens is 2. The second-order valence-electron chi connectivity index (χ2n) is 58.9. The quantitative estimate of drug-likeness (QED) is 0.0606. The van der Waals surface area contributed by atoms with Gasteiger partial charge in [-0.15, -0.1) is 10.2 Å². The Kier molecular flexibility index (Phi) is 11.4. The molecule has 48 aliphatic carbocycles. The van der Waals surface area contributed by atoms with Gasteiger partial charge < -0.3 is 21.3 Å². The van der Waals surface area contributed by atoms with Crippen LogP contribution in [0.1, 0.15) is 188 Å². The van der Waals surface area contributed by atoms with Crippen molar-refractivity contribution in [3.05, 3.63) is 22.2 Å². The number of hydrogen-bond donors (Lipinski definition) is 6. The predicted octanol–water partition coefficient (Wildman–Crippen LogP) is 13.6. The molecule has 0 aliphatic heterocycles. The summed E-state index contributed by atoms with van der Waals surface area (Å²) in [5.41, 5.74) is 16.3. The van der Waals surface area contributed by atoms with E-state index in [1.165, 1.54) is 80.3 Å². The van der Waals surface area contributed by atoms with E-state index in [2.05, 4.69) is 189 Å². The molecule has 50 rings (SSSR count). The molecular formula is C107H146N12O5S. The number of nitriles is 1. The van der Waals surface area contributed by atoms with Gasteiger partial charge in [-0.05, 0) is 447 Å². The van der Waals surface area contributed by atoms with E-state index in [1.807, 2.05) is 0 Å². The summed E-state index contributed by atoms with van der Waals surface area (Å²) in [5.74, 6) is 57.3. The molecule has 48 saturated carbocycles. The number of amides is 1. The van der Waals surface area contributed by atoms with Gasteiger partial charge in [0.05, 0.1) is 23.3 Å². The molecule has 17 nitrogen and oxygen atoms in total. The van der Waals surface area contributed by atoms with Gasteiger partial charge in [-0.2, -0.15) is 10.5 Å². The van der Waals surface area contributed by atoms with E-state index in [-0.39, 0.29) is 35.5 Å². The number of nitrogens with zero attached hydrogens (tertiary/aromatic N) is 6. The van der Waals surface area contributed by atoms with E-state index in [0.717, 1.165) is 357 Å². The minimum atomic E-state index is -3.01. The van der Waals surface area contributed by atoms with E-state index in [4.69, 9.17) is 10.3 Å². The fraction of sp³-hybridized carbons (Fsp3) is 0.953. The van der Waals surface area contributed by atoms with Gasteiger partial charge in [-0.25, -0.2) is 17.9 Å². The van der Waals surface area contributed by atoms with E-state index in [9.17, 15) is 23.3 Å². The van der Waals surface area contributed by atoms with Crippen LogP contribution in [0, 0.1) is 391 Å². The molecule has 48 aliphatic rings. The number of nitrogens with one attached hydrogen (secondary N) is 5. The van der Waals surface area contributed by atoms with Gasteiger partial charge in [0.15, 0.2) is 11.6 Å². The van der Waals surface area contributed by atoms with E-state index < -0.39 is 10.0 Å². The molecule has 18 heteroatoms. The van der Waals surface area contributed by atoms with Crippen LogP contribution in [-0.2, 0) is 25.6 Å². The normalized spacial score (nSPS) is 71.1. The minimum absolute atomic E-state index is 0. The highest BCUT2D eigenvalue weighted by atomic mass is 32.2. The van der Waals surface area contributed by atoms with Crippen LogP contribution in [0.25, 0.3) is 0 Å². The molecule has 1 amide bonds. The molecule has 0 unspecified atom stereocenters. The molecule has 670 valence electrons. The smallest absolute Gasteiger partial charge is 0.350 e. The Labute approximate surface area is 741 Å². The summed E-state index contributed by atoms with van der Waals surface area (Å²) < 4.78 is 30.6. The first-order valence-corrected chi connectivity index (χ1v) is 55.0. The van der Waals surface area contributed by atoms with Gasteiger partial charge in [0.25, 0.3) is 0 Å². The number of carbonyl (C=O) groups excluding carboxylic acids is 1. The van der Waals surface area contributed by atoms with E-state index in [1.54, 1.807) is 19.8 Å². The number of carbonyl (C=O) groups is 1. The van der Waals surface area contributed by atoms with Crippen molar-refractivity contribution in [1.82, 2.24) is 51.0 Å². The molecule has 0 atom stereocenters. The molecule has 0 bridgehead atoms. The number of aromatic amines is 2. The zero-order valence-electron chi connectivity index (χ0n) is 77.7. The molecular weight excluding hydrogens is 1570 g/mol. The fourth-order valence-electron chi connectivity index (χ4n) is 59.3. The minimum Gasteiger partial charge on any atom is -0.350 e. The monoisotopic (exact) mass is 1710 g/mol. The van der Waals surface area contributed by atoms with Crippen LogP contribution >= 0.6 is 0 Å². The van der Waals surface area contributed by atoms with Crippen molar-refractivity contribution in [3.8, 4) is 6.07 Å². The maximum atomic E-state index is 11.5. The molecule has 2 heterocycles. The Bertz CT molecular complexity index is 5320. The van der Waals surface area contributed by atoms with Crippen molar-refractivity contribution in [2.75, 3.05) is 27.4 Å². The average Bonchev–Trinajstić information content (AvgIpc) is 1.34. The summed E-state index contributed by atoms with van der Waals surface area (Å²) in [7, 11) is 3.85. The van der Waals surface area contributed by atoms with Crippen LogP contribution in [-0.4, -0.2) is 105 Å². The first kappa shape index (κ1) is 74.1. The van der Waals surface area contributed by atoms with Crippen LogP contribution < -0.4 is 26.8 Å². The van der Waals surface area contributed by atoms with Gasteiger partial charge in [0.1, 0.15) is 0 Å². The SMILES string of the molecule is C.CC(=O)NC12C3C4C1C1C2C3C41CC(C)C.CC(C)CC12C3C4C1C1C2C3C41C#N.CC(C)CC12C3C4C1C1C2C3C41N.CC(C)CC12C3C4C1C1C2C3C41N(C)C.CC(C)CC12C3C4C1C1C2C3C41NS(C)(=O)=O.CC(C)CC12C3C4C1C1C2C3C41c1nn[nH]n1.CC(C)CC12C3C4C1C1C2C3C41c1noc(=O)[nH]1.CNC12C3C4C1C1C2C3C41CC(C)C. The summed E-state index contributed by atoms with van der Waals surface area (Å²) in [4.78, 5) is 27.9. The van der Waals surface area contributed by atoms with Crippen LogP contribution in [0.2, 0.25) is 0 Å². The van der Waals surface area contributed by atoms with Crippen LogP contribution in [0.4, 0.5) is 0 Å². The maximum absolute atomic E-state index is 11.5. The van der Waals surface area contributed by atoms with Crippen molar-refractivity contribution < 1.29 is 17.7 Å². The van der Waals surface area contributed by atoms with Crippen molar-refractivity contribution >= 4 is 15.9 Å². The molecule has 125 heavy (non-hydrogen) atoms. The van der Waals surface area contributed by atoms with E-state index in [0.29, 0.717) is 21.9 Å². The summed E-state index contributed by atoms with van der Waals surface area (Å²) in [6.07, 6.45) is 13.2. The third-order valence-corrected chi connectivity index (χ3v) is 57.3. The number of nitrogens with two attached hydrogens (primary N) is 1. The summed E-state index contributed by atoms with van der Waals surface area (Å²) in [5, 5.41) is 35.2. The summed E-state index contributed by atoms with van der Waals surface area (Å²) in [6.45, 7) is 39.7. The van der Waals surface area contributed by atoms with Crippen LogP contribution in [0.15, 0.2) is 9.32 Å². The first-order chi connectivity index (χ1) is 59.0.